The molecular formula is C12H18N6. The summed E-state index contributed by atoms with van der Waals surface area (Å²) < 4.78 is 0. The Labute approximate surface area is 107 Å². The molecule has 0 fully saturated rings. The van der Waals surface area contributed by atoms with Crippen molar-refractivity contribution in [2.75, 3.05) is 36.6 Å². The molecule has 0 amide bonds. The predicted octanol–water partition coefficient (Wildman–Crippen LogP) is 1.21. The van der Waals surface area contributed by atoms with Crippen LogP contribution in [0.4, 0.5) is 17.8 Å². The van der Waals surface area contributed by atoms with Crippen molar-refractivity contribution in [3.63, 3.8) is 0 Å². The summed E-state index contributed by atoms with van der Waals surface area (Å²) in [7, 11) is 3.71. The fraction of sp³-hybridized carbons (Fsp3) is 0.417. The van der Waals surface area contributed by atoms with Crippen molar-refractivity contribution in [3.05, 3.63) is 23.8 Å². The first-order valence-corrected chi connectivity index (χ1v) is 5.95. The van der Waals surface area contributed by atoms with Crippen molar-refractivity contribution in [1.82, 2.24) is 15.0 Å². The Bertz CT molecular complexity index is 479. The van der Waals surface area contributed by atoms with Crippen LogP contribution in [-0.4, -0.2) is 35.6 Å². The molecule has 3 N–H and O–H groups in total. The highest BCUT2D eigenvalue weighted by atomic mass is 15.3. The summed E-state index contributed by atoms with van der Waals surface area (Å²) in [5.74, 6) is 1.31. The molecule has 0 spiro atoms. The van der Waals surface area contributed by atoms with Gasteiger partial charge in [-0.1, -0.05) is 23.8 Å². The number of nitrogen functional groups attached to an aromatic ring is 1. The lowest BCUT2D eigenvalue weighted by atomic mass is 10.2. The zero-order valence-electron chi connectivity index (χ0n) is 10.7. The van der Waals surface area contributed by atoms with Crippen molar-refractivity contribution < 1.29 is 0 Å². The minimum atomic E-state index is 0.233. The molecule has 96 valence electrons. The lowest BCUT2D eigenvalue weighted by Gasteiger charge is -2.17. The van der Waals surface area contributed by atoms with E-state index in [0.717, 1.165) is 19.4 Å². The van der Waals surface area contributed by atoms with Crippen molar-refractivity contribution in [3.8, 4) is 0 Å². The second-order valence-electron chi connectivity index (χ2n) is 4.16. The third kappa shape index (κ3) is 2.97. The number of rotatable bonds is 5. The first kappa shape index (κ1) is 12.3. The van der Waals surface area contributed by atoms with Gasteiger partial charge in [-0.15, -0.1) is 0 Å². The molecular weight excluding hydrogens is 228 g/mol. The van der Waals surface area contributed by atoms with Crippen molar-refractivity contribution in [2.45, 2.75) is 12.8 Å². The predicted molar refractivity (Wildman–Crippen MR) is 73.5 cm³/mol. The Morgan fingerprint density at radius 1 is 1.39 bits per heavy atom. The lowest BCUT2D eigenvalue weighted by molar-refractivity contribution is 0.835. The zero-order chi connectivity index (χ0) is 13.0. The molecule has 1 aliphatic rings. The fourth-order valence-electron chi connectivity index (χ4n) is 1.75. The number of nitrogens with zero attached hydrogens (tertiary/aromatic N) is 4. The molecule has 1 aromatic heterocycles. The van der Waals surface area contributed by atoms with Crippen LogP contribution in [0.1, 0.15) is 12.8 Å². The summed E-state index contributed by atoms with van der Waals surface area (Å²) in [6.45, 7) is 0.850. The highest BCUT2D eigenvalue weighted by molar-refractivity contribution is 5.41. The lowest BCUT2D eigenvalue weighted by Crippen LogP contribution is -2.22. The Morgan fingerprint density at radius 3 is 2.89 bits per heavy atom. The van der Waals surface area contributed by atoms with Crippen molar-refractivity contribution in [1.29, 1.82) is 0 Å². The van der Waals surface area contributed by atoms with E-state index in [2.05, 4.69) is 38.5 Å². The Hall–Kier alpha value is -2.11. The summed E-state index contributed by atoms with van der Waals surface area (Å²) in [5, 5.41) is 2.87. The molecule has 0 radical (unpaired) electrons. The number of nitrogens with one attached hydrogen (secondary N) is 1. The van der Waals surface area contributed by atoms with Gasteiger partial charge in [-0.2, -0.15) is 15.0 Å². The second kappa shape index (κ2) is 5.48. The molecule has 18 heavy (non-hydrogen) atoms. The van der Waals surface area contributed by atoms with Crippen LogP contribution in [0.2, 0.25) is 0 Å². The number of aromatic nitrogens is 3. The minimum Gasteiger partial charge on any atom is -0.368 e. The number of anilines is 3. The zero-order valence-corrected chi connectivity index (χ0v) is 10.7. The molecule has 1 aromatic rings. The van der Waals surface area contributed by atoms with Gasteiger partial charge in [0.05, 0.1) is 0 Å². The van der Waals surface area contributed by atoms with Gasteiger partial charge in [0.1, 0.15) is 0 Å². The Morgan fingerprint density at radius 2 is 2.22 bits per heavy atom. The molecule has 0 saturated carbocycles. The summed E-state index contributed by atoms with van der Waals surface area (Å²) >= 11 is 0. The molecule has 2 rings (SSSR count). The van der Waals surface area contributed by atoms with Crippen LogP contribution in [0.15, 0.2) is 23.8 Å². The van der Waals surface area contributed by atoms with Crippen molar-refractivity contribution >= 4 is 17.8 Å². The monoisotopic (exact) mass is 246 g/mol. The van der Waals surface area contributed by atoms with Gasteiger partial charge in [0, 0.05) is 20.6 Å². The summed E-state index contributed by atoms with van der Waals surface area (Å²) in [6.07, 6.45) is 8.58. The smallest absolute Gasteiger partial charge is 0.231 e. The quantitative estimate of drug-likeness (QED) is 0.813. The van der Waals surface area contributed by atoms with Crippen LogP contribution in [0.3, 0.4) is 0 Å². The fourth-order valence-corrected chi connectivity index (χ4v) is 1.75. The highest BCUT2D eigenvalue weighted by Gasteiger charge is 2.09. The molecule has 0 bridgehead atoms. The Balaban J connectivity index is 2.01. The number of nitrogens with two attached hydrogens (primary N) is 1. The third-order valence-electron chi connectivity index (χ3n) is 2.79. The molecule has 0 aromatic carbocycles. The van der Waals surface area contributed by atoms with Gasteiger partial charge >= 0.3 is 0 Å². The van der Waals surface area contributed by atoms with Crippen LogP contribution in [0.25, 0.3) is 0 Å². The maximum absolute atomic E-state index is 5.64. The highest BCUT2D eigenvalue weighted by Crippen LogP contribution is 2.15. The molecule has 1 heterocycles. The number of allylic oxidation sites excluding steroid dienone is 3. The van der Waals surface area contributed by atoms with E-state index in [1.165, 1.54) is 5.57 Å². The van der Waals surface area contributed by atoms with E-state index in [9.17, 15) is 0 Å². The average molecular weight is 246 g/mol. The van der Waals surface area contributed by atoms with Crippen LogP contribution in [0, 0.1) is 0 Å². The average Bonchev–Trinajstić information content (AvgIpc) is 2.88. The maximum Gasteiger partial charge on any atom is 0.231 e. The van der Waals surface area contributed by atoms with Gasteiger partial charge in [0.15, 0.2) is 0 Å². The molecule has 0 unspecified atom stereocenters. The topological polar surface area (TPSA) is 80.0 Å². The first-order valence-electron chi connectivity index (χ1n) is 5.95. The van der Waals surface area contributed by atoms with Gasteiger partial charge in [0.2, 0.25) is 17.8 Å². The van der Waals surface area contributed by atoms with Gasteiger partial charge in [-0.05, 0) is 12.8 Å². The molecule has 1 aliphatic carbocycles. The van der Waals surface area contributed by atoms with Crippen LogP contribution < -0.4 is 16.0 Å². The molecule has 6 nitrogen and oxygen atoms in total. The number of hydrogen-bond donors (Lipinski definition) is 2. The second-order valence-corrected chi connectivity index (χ2v) is 4.16. The summed E-state index contributed by atoms with van der Waals surface area (Å²) in [5.41, 5.74) is 7.00. The molecule has 0 saturated heterocycles. The summed E-state index contributed by atoms with van der Waals surface area (Å²) in [6, 6.07) is 0. The normalized spacial score (nSPS) is 13.6. The largest absolute Gasteiger partial charge is 0.368 e. The van der Waals surface area contributed by atoms with E-state index < -0.39 is 0 Å². The van der Waals surface area contributed by atoms with Crippen LogP contribution >= 0.6 is 0 Å². The van der Waals surface area contributed by atoms with Gasteiger partial charge in [-0.25, -0.2) is 0 Å². The summed E-state index contributed by atoms with van der Waals surface area (Å²) in [4.78, 5) is 14.3. The van der Waals surface area contributed by atoms with E-state index in [1.54, 1.807) is 7.05 Å². The third-order valence-corrected chi connectivity index (χ3v) is 2.79. The van der Waals surface area contributed by atoms with Gasteiger partial charge in [-0.3, -0.25) is 0 Å². The van der Waals surface area contributed by atoms with Gasteiger partial charge < -0.3 is 16.0 Å². The van der Waals surface area contributed by atoms with Crippen LogP contribution in [-0.2, 0) is 0 Å². The first-order chi connectivity index (χ1) is 8.69. The SMILES string of the molecule is CNc1nc(N)nc(N(C)CCC2=CCC=C2)n1. The minimum absolute atomic E-state index is 0.233. The molecule has 0 atom stereocenters. The van der Waals surface area contributed by atoms with Gasteiger partial charge in [0.25, 0.3) is 0 Å². The Kier molecular flexibility index (Phi) is 3.76. The van der Waals surface area contributed by atoms with E-state index in [-0.39, 0.29) is 5.95 Å². The van der Waals surface area contributed by atoms with Crippen molar-refractivity contribution in [2.24, 2.45) is 0 Å². The standard InChI is InChI=1S/C12H18N6/c1-14-11-15-10(13)16-12(17-11)18(2)8-7-9-5-3-4-6-9/h3,5-6H,4,7-8H2,1-2H3,(H3,13,14,15,16,17). The number of hydrogen-bond acceptors (Lipinski definition) is 6. The van der Waals surface area contributed by atoms with E-state index in [0.29, 0.717) is 11.9 Å². The molecule has 0 aliphatic heterocycles. The maximum atomic E-state index is 5.64. The van der Waals surface area contributed by atoms with Crippen LogP contribution in [0.5, 0.6) is 0 Å². The van der Waals surface area contributed by atoms with E-state index >= 15 is 0 Å². The molecule has 6 heteroatoms. The van der Waals surface area contributed by atoms with E-state index in [1.807, 2.05) is 11.9 Å². The van der Waals surface area contributed by atoms with E-state index in [4.69, 9.17) is 5.73 Å².